The van der Waals surface area contributed by atoms with Crippen molar-refractivity contribution in [1.82, 2.24) is 5.32 Å². The van der Waals surface area contributed by atoms with Crippen LogP contribution in [0.25, 0.3) is 0 Å². The van der Waals surface area contributed by atoms with Gasteiger partial charge in [0.25, 0.3) is 0 Å². The molecule has 2 N–H and O–H groups in total. The van der Waals surface area contributed by atoms with Crippen LogP contribution in [0.5, 0.6) is 0 Å². The molecule has 3 heteroatoms. The Kier molecular flexibility index (Phi) is 3.31. The average molecular weight is 259 g/mol. The SMILES string of the molecule is O=C(O)C1CNCC12CCC(c1ccccc1)CC2. The number of carbonyl (C=O) groups is 1. The summed E-state index contributed by atoms with van der Waals surface area (Å²) >= 11 is 0. The minimum Gasteiger partial charge on any atom is -0.481 e. The van der Waals surface area contributed by atoms with E-state index in [1.807, 2.05) is 0 Å². The Morgan fingerprint density at radius 1 is 1.21 bits per heavy atom. The van der Waals surface area contributed by atoms with E-state index < -0.39 is 5.97 Å². The molecule has 2 fully saturated rings. The first-order valence-electron chi connectivity index (χ1n) is 7.20. The Bertz CT molecular complexity index is 449. The lowest BCUT2D eigenvalue weighted by Crippen LogP contribution is -2.38. The monoisotopic (exact) mass is 259 g/mol. The molecule has 102 valence electrons. The summed E-state index contributed by atoms with van der Waals surface area (Å²) in [6.45, 7) is 1.52. The molecule has 1 heterocycles. The third-order valence-corrected chi connectivity index (χ3v) is 5.12. The predicted molar refractivity (Wildman–Crippen MR) is 74.1 cm³/mol. The van der Waals surface area contributed by atoms with Gasteiger partial charge in [0.1, 0.15) is 0 Å². The van der Waals surface area contributed by atoms with Crippen LogP contribution >= 0.6 is 0 Å². The van der Waals surface area contributed by atoms with E-state index in [1.165, 1.54) is 5.56 Å². The van der Waals surface area contributed by atoms with Crippen LogP contribution in [-0.4, -0.2) is 24.2 Å². The minimum atomic E-state index is -0.622. The van der Waals surface area contributed by atoms with Gasteiger partial charge in [-0.25, -0.2) is 0 Å². The molecule has 0 aromatic heterocycles. The topological polar surface area (TPSA) is 49.3 Å². The van der Waals surface area contributed by atoms with Crippen molar-refractivity contribution in [1.29, 1.82) is 0 Å². The summed E-state index contributed by atoms with van der Waals surface area (Å²) in [5.41, 5.74) is 1.42. The minimum absolute atomic E-state index is 0.0110. The Hall–Kier alpha value is -1.35. The van der Waals surface area contributed by atoms with Gasteiger partial charge in [-0.05, 0) is 42.6 Å². The highest BCUT2D eigenvalue weighted by atomic mass is 16.4. The molecule has 0 bridgehead atoms. The molecule has 1 unspecified atom stereocenters. The van der Waals surface area contributed by atoms with Crippen LogP contribution in [0.3, 0.4) is 0 Å². The summed E-state index contributed by atoms with van der Waals surface area (Å²) in [6, 6.07) is 10.6. The number of hydrogen-bond donors (Lipinski definition) is 2. The van der Waals surface area contributed by atoms with E-state index in [9.17, 15) is 9.90 Å². The van der Waals surface area contributed by atoms with Crippen molar-refractivity contribution in [2.24, 2.45) is 11.3 Å². The number of nitrogens with one attached hydrogen (secondary N) is 1. The van der Waals surface area contributed by atoms with E-state index in [2.05, 4.69) is 35.6 Å². The lowest BCUT2D eigenvalue weighted by atomic mass is 9.64. The van der Waals surface area contributed by atoms with Crippen molar-refractivity contribution in [3.8, 4) is 0 Å². The zero-order valence-corrected chi connectivity index (χ0v) is 11.1. The molecule has 1 atom stereocenters. The molecule has 1 spiro atoms. The van der Waals surface area contributed by atoms with Gasteiger partial charge in [0, 0.05) is 13.1 Å². The van der Waals surface area contributed by atoms with E-state index in [0.717, 1.165) is 32.2 Å². The van der Waals surface area contributed by atoms with Gasteiger partial charge in [-0.1, -0.05) is 30.3 Å². The highest BCUT2D eigenvalue weighted by molar-refractivity contribution is 5.72. The van der Waals surface area contributed by atoms with Gasteiger partial charge in [0.05, 0.1) is 5.92 Å². The Balaban J connectivity index is 1.71. The van der Waals surface area contributed by atoms with E-state index in [4.69, 9.17) is 0 Å². The van der Waals surface area contributed by atoms with Gasteiger partial charge in [-0.15, -0.1) is 0 Å². The van der Waals surface area contributed by atoms with Gasteiger partial charge >= 0.3 is 5.97 Å². The fraction of sp³-hybridized carbons (Fsp3) is 0.562. The van der Waals surface area contributed by atoms with E-state index in [1.54, 1.807) is 0 Å². The maximum absolute atomic E-state index is 11.4. The molecule has 1 aromatic carbocycles. The molecule has 19 heavy (non-hydrogen) atoms. The van der Waals surface area contributed by atoms with E-state index >= 15 is 0 Å². The van der Waals surface area contributed by atoms with Crippen LogP contribution in [-0.2, 0) is 4.79 Å². The lowest BCUT2D eigenvalue weighted by molar-refractivity contribution is -0.145. The lowest BCUT2D eigenvalue weighted by Gasteiger charge is -2.39. The highest BCUT2D eigenvalue weighted by Gasteiger charge is 2.48. The van der Waals surface area contributed by atoms with Crippen LogP contribution in [0.1, 0.15) is 37.2 Å². The zero-order chi connectivity index (χ0) is 13.3. The molecule has 0 radical (unpaired) electrons. The molecule has 1 aliphatic heterocycles. The standard InChI is InChI=1S/C16H21NO2/c18-15(19)14-10-17-11-16(14)8-6-13(7-9-16)12-4-2-1-3-5-12/h1-5,13-14,17H,6-11H2,(H,18,19). The number of carboxylic acid groups (broad SMARTS) is 1. The van der Waals surface area contributed by atoms with Crippen LogP contribution < -0.4 is 5.32 Å². The van der Waals surface area contributed by atoms with Crippen molar-refractivity contribution in [2.45, 2.75) is 31.6 Å². The summed E-state index contributed by atoms with van der Waals surface area (Å²) in [7, 11) is 0. The van der Waals surface area contributed by atoms with Gasteiger partial charge in [0.2, 0.25) is 0 Å². The molecule has 1 saturated heterocycles. The first-order chi connectivity index (χ1) is 9.21. The predicted octanol–water partition coefficient (Wildman–Crippen LogP) is 2.63. The van der Waals surface area contributed by atoms with Crippen LogP contribution in [0.4, 0.5) is 0 Å². The Labute approximate surface area is 114 Å². The van der Waals surface area contributed by atoms with Crippen LogP contribution in [0.15, 0.2) is 30.3 Å². The molecule has 1 aliphatic carbocycles. The zero-order valence-electron chi connectivity index (χ0n) is 11.1. The second-order valence-corrected chi connectivity index (χ2v) is 6.07. The molecular weight excluding hydrogens is 238 g/mol. The van der Waals surface area contributed by atoms with Crippen molar-refractivity contribution in [3.63, 3.8) is 0 Å². The molecule has 3 nitrogen and oxygen atoms in total. The van der Waals surface area contributed by atoms with E-state index in [0.29, 0.717) is 12.5 Å². The number of aliphatic carboxylic acids is 1. The number of rotatable bonds is 2. The summed E-state index contributed by atoms with van der Waals surface area (Å²) in [6.07, 6.45) is 4.32. The molecule has 2 aliphatic rings. The molecular formula is C16H21NO2. The largest absolute Gasteiger partial charge is 0.481 e. The quantitative estimate of drug-likeness (QED) is 0.858. The van der Waals surface area contributed by atoms with Gasteiger partial charge in [-0.3, -0.25) is 4.79 Å². The summed E-state index contributed by atoms with van der Waals surface area (Å²) in [4.78, 5) is 11.4. The Morgan fingerprint density at radius 3 is 2.53 bits per heavy atom. The summed E-state index contributed by atoms with van der Waals surface area (Å²) < 4.78 is 0. The van der Waals surface area contributed by atoms with Gasteiger partial charge < -0.3 is 10.4 Å². The second kappa shape index (κ2) is 4.97. The van der Waals surface area contributed by atoms with Crippen LogP contribution in [0.2, 0.25) is 0 Å². The Morgan fingerprint density at radius 2 is 1.89 bits per heavy atom. The van der Waals surface area contributed by atoms with Gasteiger partial charge in [0.15, 0.2) is 0 Å². The fourth-order valence-corrected chi connectivity index (χ4v) is 3.93. The average Bonchev–Trinajstić information content (AvgIpc) is 2.84. The maximum atomic E-state index is 11.4. The van der Waals surface area contributed by atoms with Crippen LogP contribution in [0, 0.1) is 11.3 Å². The third kappa shape index (κ3) is 2.27. The second-order valence-electron chi connectivity index (χ2n) is 6.07. The smallest absolute Gasteiger partial charge is 0.308 e. The van der Waals surface area contributed by atoms with Crippen molar-refractivity contribution in [3.05, 3.63) is 35.9 Å². The van der Waals surface area contributed by atoms with Gasteiger partial charge in [-0.2, -0.15) is 0 Å². The van der Waals surface area contributed by atoms with Crippen molar-refractivity contribution < 1.29 is 9.90 Å². The molecule has 1 saturated carbocycles. The summed E-state index contributed by atoms with van der Waals surface area (Å²) in [5.74, 6) is -0.200. The number of carboxylic acids is 1. The summed E-state index contributed by atoms with van der Waals surface area (Å²) in [5, 5.41) is 12.7. The number of benzene rings is 1. The molecule has 3 rings (SSSR count). The normalized spacial score (nSPS) is 34.5. The first-order valence-corrected chi connectivity index (χ1v) is 7.20. The van der Waals surface area contributed by atoms with E-state index in [-0.39, 0.29) is 11.3 Å². The van der Waals surface area contributed by atoms with Crippen molar-refractivity contribution >= 4 is 5.97 Å². The first kappa shape index (κ1) is 12.7. The number of hydrogen-bond acceptors (Lipinski definition) is 2. The third-order valence-electron chi connectivity index (χ3n) is 5.12. The molecule has 0 amide bonds. The molecule has 1 aromatic rings. The fourth-order valence-electron chi connectivity index (χ4n) is 3.93. The maximum Gasteiger partial charge on any atom is 0.308 e. The van der Waals surface area contributed by atoms with Crippen molar-refractivity contribution in [2.75, 3.05) is 13.1 Å². The highest BCUT2D eigenvalue weighted by Crippen LogP contribution is 2.48.